The van der Waals surface area contributed by atoms with Gasteiger partial charge in [-0.05, 0) is 12.1 Å². The summed E-state index contributed by atoms with van der Waals surface area (Å²) in [4.78, 5) is 21.8. The summed E-state index contributed by atoms with van der Waals surface area (Å²) >= 11 is 0. The fourth-order valence-electron chi connectivity index (χ4n) is 0.942. The van der Waals surface area contributed by atoms with Gasteiger partial charge in [0, 0.05) is 0 Å². The molecule has 0 aliphatic rings. The van der Waals surface area contributed by atoms with Crippen molar-refractivity contribution >= 4 is 11.9 Å². The smallest absolute Gasteiger partial charge is 0.313 e. The number of benzene rings is 1. The highest BCUT2D eigenvalue weighted by atomic mass is 16.5. The molecule has 1 atom stereocenters. The molecule has 0 saturated carbocycles. The first-order valence-corrected chi connectivity index (χ1v) is 4.40. The van der Waals surface area contributed by atoms with Gasteiger partial charge in [0.1, 0.15) is 5.75 Å². The number of carbonyl (C=O) groups is 2. The molecular weight excluding hydrogens is 196 g/mol. The van der Waals surface area contributed by atoms with E-state index < -0.39 is 17.9 Å². The quantitative estimate of drug-likeness (QED) is 0.528. The lowest BCUT2D eigenvalue weighted by molar-refractivity contribution is -0.136. The summed E-state index contributed by atoms with van der Waals surface area (Å²) in [7, 11) is 0. The Hall–Kier alpha value is -1.88. The largest absolute Gasteiger partial charge is 0.426 e. The van der Waals surface area contributed by atoms with E-state index in [2.05, 4.69) is 0 Å². The molecule has 1 amide bonds. The summed E-state index contributed by atoms with van der Waals surface area (Å²) in [6.45, 7) is 0. The number of primary amides is 1. The van der Waals surface area contributed by atoms with Gasteiger partial charge in [-0.1, -0.05) is 18.2 Å². The van der Waals surface area contributed by atoms with Crippen LogP contribution >= 0.6 is 0 Å². The minimum atomic E-state index is -0.999. The lowest BCUT2D eigenvalue weighted by Gasteiger charge is -2.07. The lowest BCUT2D eigenvalue weighted by Crippen LogP contribution is -2.39. The standard InChI is InChI=1S/C10H12N2O3/c11-8(10(12)14)6-9(13)15-7-4-2-1-3-5-7/h1-5,8H,6,11H2,(H2,12,14)/t8-/m0/s1. The number of ether oxygens (including phenoxy) is 1. The first-order valence-electron chi connectivity index (χ1n) is 4.40. The average molecular weight is 208 g/mol. The van der Waals surface area contributed by atoms with E-state index in [1.54, 1.807) is 30.3 Å². The number of carbonyl (C=O) groups excluding carboxylic acids is 2. The van der Waals surface area contributed by atoms with E-state index in [1.807, 2.05) is 0 Å². The highest BCUT2D eigenvalue weighted by molar-refractivity contribution is 5.85. The van der Waals surface area contributed by atoms with Crippen molar-refractivity contribution in [1.82, 2.24) is 0 Å². The van der Waals surface area contributed by atoms with Crippen molar-refractivity contribution in [1.29, 1.82) is 0 Å². The Bertz CT molecular complexity index is 351. The van der Waals surface area contributed by atoms with E-state index in [0.29, 0.717) is 5.75 Å². The number of hydrogen-bond acceptors (Lipinski definition) is 4. The van der Waals surface area contributed by atoms with Gasteiger partial charge in [-0.25, -0.2) is 0 Å². The van der Waals surface area contributed by atoms with Crippen molar-refractivity contribution in [3.05, 3.63) is 30.3 Å². The molecule has 0 heterocycles. The fourth-order valence-corrected chi connectivity index (χ4v) is 0.942. The molecule has 0 radical (unpaired) electrons. The van der Waals surface area contributed by atoms with Gasteiger partial charge >= 0.3 is 5.97 Å². The number of rotatable bonds is 4. The minimum Gasteiger partial charge on any atom is -0.426 e. The van der Waals surface area contributed by atoms with Crippen molar-refractivity contribution in [2.45, 2.75) is 12.5 Å². The summed E-state index contributed by atoms with van der Waals surface area (Å²) in [6.07, 6.45) is -0.218. The van der Waals surface area contributed by atoms with Gasteiger partial charge in [0.15, 0.2) is 0 Å². The Kier molecular flexibility index (Phi) is 3.82. The molecule has 0 aliphatic heterocycles. The molecule has 1 aromatic rings. The second kappa shape index (κ2) is 5.11. The van der Waals surface area contributed by atoms with Crippen molar-refractivity contribution in [3.8, 4) is 5.75 Å². The topological polar surface area (TPSA) is 95.4 Å². The van der Waals surface area contributed by atoms with Gasteiger partial charge in [-0.15, -0.1) is 0 Å². The van der Waals surface area contributed by atoms with Gasteiger partial charge in [0.05, 0.1) is 12.5 Å². The Morgan fingerprint density at radius 3 is 2.40 bits per heavy atom. The van der Waals surface area contributed by atoms with Crippen LogP contribution in [0.25, 0.3) is 0 Å². The van der Waals surface area contributed by atoms with Crippen LogP contribution in [-0.4, -0.2) is 17.9 Å². The predicted molar refractivity (Wildman–Crippen MR) is 53.9 cm³/mol. The van der Waals surface area contributed by atoms with Gasteiger partial charge in [0.25, 0.3) is 0 Å². The summed E-state index contributed by atoms with van der Waals surface area (Å²) in [5.41, 5.74) is 10.2. The molecular formula is C10H12N2O3. The van der Waals surface area contributed by atoms with E-state index in [1.165, 1.54) is 0 Å². The molecule has 4 N–H and O–H groups in total. The molecule has 1 rings (SSSR count). The molecule has 0 aliphatic carbocycles. The number of hydrogen-bond donors (Lipinski definition) is 2. The molecule has 0 saturated heterocycles. The molecule has 5 heteroatoms. The van der Waals surface area contributed by atoms with E-state index >= 15 is 0 Å². The molecule has 0 fully saturated rings. The summed E-state index contributed by atoms with van der Waals surface area (Å²) in [5, 5.41) is 0. The predicted octanol–water partition coefficient (Wildman–Crippen LogP) is -0.205. The normalized spacial score (nSPS) is 11.8. The van der Waals surface area contributed by atoms with Crippen LogP contribution in [0, 0.1) is 0 Å². The highest BCUT2D eigenvalue weighted by Crippen LogP contribution is 2.09. The maximum absolute atomic E-state index is 11.2. The van der Waals surface area contributed by atoms with Gasteiger partial charge in [-0.3, -0.25) is 9.59 Å². The summed E-state index contributed by atoms with van der Waals surface area (Å²) in [5.74, 6) is -0.883. The molecule has 0 bridgehead atoms. The number of para-hydroxylation sites is 1. The summed E-state index contributed by atoms with van der Waals surface area (Å²) < 4.78 is 4.91. The first kappa shape index (κ1) is 11.2. The van der Waals surface area contributed by atoms with Gasteiger partial charge < -0.3 is 16.2 Å². The van der Waals surface area contributed by atoms with Gasteiger partial charge in [-0.2, -0.15) is 0 Å². The van der Waals surface area contributed by atoms with E-state index in [0.717, 1.165) is 0 Å². The molecule has 0 spiro atoms. The van der Waals surface area contributed by atoms with Gasteiger partial charge in [0.2, 0.25) is 5.91 Å². The average Bonchev–Trinajstić information content (AvgIpc) is 2.18. The van der Waals surface area contributed by atoms with Crippen LogP contribution in [0.4, 0.5) is 0 Å². The van der Waals surface area contributed by atoms with E-state index in [9.17, 15) is 9.59 Å². The van der Waals surface area contributed by atoms with Crippen molar-refractivity contribution in [2.75, 3.05) is 0 Å². The second-order valence-electron chi connectivity index (χ2n) is 3.00. The molecule has 5 nitrogen and oxygen atoms in total. The van der Waals surface area contributed by atoms with E-state index in [-0.39, 0.29) is 6.42 Å². The van der Waals surface area contributed by atoms with Crippen LogP contribution in [0.1, 0.15) is 6.42 Å². The van der Waals surface area contributed by atoms with Crippen LogP contribution in [0.2, 0.25) is 0 Å². The maximum atomic E-state index is 11.2. The number of esters is 1. The molecule has 15 heavy (non-hydrogen) atoms. The third kappa shape index (κ3) is 3.78. The monoisotopic (exact) mass is 208 g/mol. The Morgan fingerprint density at radius 1 is 1.27 bits per heavy atom. The van der Waals surface area contributed by atoms with Crippen LogP contribution in [0.5, 0.6) is 5.75 Å². The van der Waals surface area contributed by atoms with Crippen LogP contribution < -0.4 is 16.2 Å². The van der Waals surface area contributed by atoms with E-state index in [4.69, 9.17) is 16.2 Å². The minimum absolute atomic E-state index is 0.218. The Morgan fingerprint density at radius 2 is 1.87 bits per heavy atom. The molecule has 0 aromatic heterocycles. The Labute approximate surface area is 87.0 Å². The summed E-state index contributed by atoms with van der Waals surface area (Å²) in [6, 6.07) is 7.53. The fraction of sp³-hybridized carbons (Fsp3) is 0.200. The third-order valence-electron chi connectivity index (χ3n) is 1.73. The number of amides is 1. The van der Waals surface area contributed by atoms with Crippen LogP contribution in [0.15, 0.2) is 30.3 Å². The second-order valence-corrected chi connectivity index (χ2v) is 3.00. The molecule has 80 valence electrons. The zero-order valence-corrected chi connectivity index (χ0v) is 8.05. The number of nitrogens with two attached hydrogens (primary N) is 2. The van der Waals surface area contributed by atoms with Crippen molar-refractivity contribution < 1.29 is 14.3 Å². The lowest BCUT2D eigenvalue weighted by atomic mass is 10.2. The third-order valence-corrected chi connectivity index (χ3v) is 1.73. The van der Waals surface area contributed by atoms with Crippen molar-refractivity contribution in [2.24, 2.45) is 11.5 Å². The van der Waals surface area contributed by atoms with Crippen LogP contribution in [-0.2, 0) is 9.59 Å². The highest BCUT2D eigenvalue weighted by Gasteiger charge is 2.15. The Balaban J connectivity index is 2.47. The SMILES string of the molecule is NC(=O)[C@@H](N)CC(=O)Oc1ccccc1. The molecule has 0 unspecified atom stereocenters. The van der Waals surface area contributed by atoms with Crippen LogP contribution in [0.3, 0.4) is 0 Å². The molecule has 1 aromatic carbocycles. The zero-order valence-electron chi connectivity index (χ0n) is 8.05. The zero-order chi connectivity index (χ0) is 11.3. The van der Waals surface area contributed by atoms with Crippen molar-refractivity contribution in [3.63, 3.8) is 0 Å². The maximum Gasteiger partial charge on any atom is 0.313 e. The first-order chi connectivity index (χ1) is 7.09.